The van der Waals surface area contributed by atoms with Gasteiger partial charge >= 0.3 is 0 Å². The van der Waals surface area contributed by atoms with Crippen LogP contribution in [0.15, 0.2) is 0 Å². The Hall–Kier alpha value is -0.640. The molecule has 1 atom stereocenters. The molecule has 1 aromatic heterocycles. The predicted octanol–water partition coefficient (Wildman–Crippen LogP) is 3.04. The van der Waals surface area contributed by atoms with E-state index in [0.717, 1.165) is 16.7 Å². The van der Waals surface area contributed by atoms with E-state index >= 15 is 0 Å². The van der Waals surface area contributed by atoms with Gasteiger partial charge in [0.1, 0.15) is 5.01 Å². The van der Waals surface area contributed by atoms with Crippen molar-refractivity contribution in [2.24, 2.45) is 0 Å². The minimum absolute atomic E-state index is 0.497. The van der Waals surface area contributed by atoms with Crippen molar-refractivity contribution < 1.29 is 0 Å². The van der Waals surface area contributed by atoms with Crippen molar-refractivity contribution in [1.29, 1.82) is 0 Å². The number of anilines is 1. The molecule has 0 radical (unpaired) electrons. The summed E-state index contributed by atoms with van der Waals surface area (Å²) >= 11 is 1.75. The van der Waals surface area contributed by atoms with E-state index in [1.807, 2.05) is 0 Å². The fourth-order valence-electron chi connectivity index (χ4n) is 1.96. The van der Waals surface area contributed by atoms with Gasteiger partial charge in [0.05, 0.1) is 0 Å². The van der Waals surface area contributed by atoms with Gasteiger partial charge in [-0.05, 0) is 26.2 Å². The summed E-state index contributed by atoms with van der Waals surface area (Å²) in [6.45, 7) is 7.78. The molecular formula is C11H19N3S. The highest BCUT2D eigenvalue weighted by Crippen LogP contribution is 2.29. The van der Waals surface area contributed by atoms with Gasteiger partial charge in [-0.1, -0.05) is 25.2 Å². The lowest BCUT2D eigenvalue weighted by Crippen LogP contribution is -2.37. The molecular weight excluding hydrogens is 206 g/mol. The van der Waals surface area contributed by atoms with Gasteiger partial charge in [-0.3, -0.25) is 0 Å². The lowest BCUT2D eigenvalue weighted by atomic mass is 10.1. The van der Waals surface area contributed by atoms with Crippen LogP contribution in [0.5, 0.6) is 0 Å². The van der Waals surface area contributed by atoms with Gasteiger partial charge < -0.3 is 4.90 Å². The van der Waals surface area contributed by atoms with Crippen LogP contribution in [0.25, 0.3) is 0 Å². The zero-order valence-corrected chi connectivity index (χ0v) is 10.5. The average molecular weight is 225 g/mol. The Balaban J connectivity index is 2.13. The molecule has 84 valence electrons. The second-order valence-electron chi connectivity index (χ2n) is 4.62. The van der Waals surface area contributed by atoms with Gasteiger partial charge in [-0.15, -0.1) is 10.2 Å². The molecule has 3 nitrogen and oxygen atoms in total. The summed E-state index contributed by atoms with van der Waals surface area (Å²) in [5.74, 6) is 0.497. The highest BCUT2D eigenvalue weighted by atomic mass is 32.1. The molecule has 1 aromatic rings. The van der Waals surface area contributed by atoms with E-state index in [0.29, 0.717) is 12.0 Å². The zero-order chi connectivity index (χ0) is 10.8. The third-order valence-corrected chi connectivity index (χ3v) is 4.23. The molecule has 0 saturated carbocycles. The first kappa shape index (κ1) is 10.9. The SMILES string of the molecule is CC(C)c1nnc(N2CCCCC2C)s1. The molecule has 0 N–H and O–H groups in total. The van der Waals surface area contributed by atoms with E-state index < -0.39 is 0 Å². The lowest BCUT2D eigenvalue weighted by Gasteiger charge is -2.32. The Bertz CT molecular complexity index is 321. The first-order valence-electron chi connectivity index (χ1n) is 5.78. The molecule has 0 aromatic carbocycles. The summed E-state index contributed by atoms with van der Waals surface area (Å²) in [4.78, 5) is 2.41. The van der Waals surface area contributed by atoms with E-state index in [2.05, 4.69) is 35.9 Å². The number of aromatic nitrogens is 2. The predicted molar refractivity (Wildman–Crippen MR) is 64.7 cm³/mol. The van der Waals surface area contributed by atoms with E-state index in [4.69, 9.17) is 0 Å². The molecule has 1 aliphatic rings. The minimum Gasteiger partial charge on any atom is -0.344 e. The Morgan fingerprint density at radius 3 is 2.73 bits per heavy atom. The van der Waals surface area contributed by atoms with Crippen LogP contribution in [-0.4, -0.2) is 22.8 Å². The first-order valence-corrected chi connectivity index (χ1v) is 6.60. The number of piperidine rings is 1. The van der Waals surface area contributed by atoms with Crippen LogP contribution >= 0.6 is 11.3 Å². The van der Waals surface area contributed by atoms with Crippen LogP contribution in [0.3, 0.4) is 0 Å². The summed E-state index contributed by atoms with van der Waals surface area (Å²) in [6.07, 6.45) is 3.94. The topological polar surface area (TPSA) is 29.0 Å². The van der Waals surface area contributed by atoms with Crippen molar-refractivity contribution in [3.05, 3.63) is 5.01 Å². The molecule has 1 saturated heterocycles. The Morgan fingerprint density at radius 2 is 2.13 bits per heavy atom. The van der Waals surface area contributed by atoms with Gasteiger partial charge in [0.15, 0.2) is 0 Å². The second kappa shape index (κ2) is 4.47. The lowest BCUT2D eigenvalue weighted by molar-refractivity contribution is 0.483. The molecule has 0 amide bonds. The van der Waals surface area contributed by atoms with E-state index in [1.165, 1.54) is 19.3 Å². The van der Waals surface area contributed by atoms with Crippen LogP contribution in [0.4, 0.5) is 5.13 Å². The molecule has 4 heteroatoms. The summed E-state index contributed by atoms with van der Waals surface area (Å²) < 4.78 is 0. The van der Waals surface area contributed by atoms with Gasteiger partial charge in [0.25, 0.3) is 0 Å². The maximum absolute atomic E-state index is 4.31. The van der Waals surface area contributed by atoms with Gasteiger partial charge in [0.2, 0.25) is 5.13 Å². The number of nitrogens with zero attached hydrogens (tertiary/aromatic N) is 3. The highest BCUT2D eigenvalue weighted by molar-refractivity contribution is 7.15. The molecule has 15 heavy (non-hydrogen) atoms. The smallest absolute Gasteiger partial charge is 0.208 e. The highest BCUT2D eigenvalue weighted by Gasteiger charge is 2.22. The fourth-order valence-corrected chi connectivity index (χ4v) is 2.93. The fraction of sp³-hybridized carbons (Fsp3) is 0.818. The third-order valence-electron chi connectivity index (χ3n) is 2.97. The zero-order valence-electron chi connectivity index (χ0n) is 9.73. The Morgan fingerprint density at radius 1 is 1.33 bits per heavy atom. The maximum atomic E-state index is 4.31. The molecule has 0 aliphatic carbocycles. The van der Waals surface area contributed by atoms with Crippen LogP contribution in [0, 0.1) is 0 Å². The Kier molecular flexibility index (Phi) is 3.24. The molecule has 2 heterocycles. The van der Waals surface area contributed by atoms with Gasteiger partial charge in [0, 0.05) is 18.5 Å². The van der Waals surface area contributed by atoms with Crippen LogP contribution in [-0.2, 0) is 0 Å². The molecule has 0 bridgehead atoms. The maximum Gasteiger partial charge on any atom is 0.208 e. The largest absolute Gasteiger partial charge is 0.344 e. The molecule has 0 spiro atoms. The van der Waals surface area contributed by atoms with Crippen molar-refractivity contribution in [2.75, 3.05) is 11.4 Å². The van der Waals surface area contributed by atoms with Crippen molar-refractivity contribution >= 4 is 16.5 Å². The van der Waals surface area contributed by atoms with Crippen molar-refractivity contribution in [3.8, 4) is 0 Å². The standard InChI is InChI=1S/C11H19N3S/c1-8(2)10-12-13-11(15-10)14-7-5-4-6-9(14)3/h8-9H,4-7H2,1-3H3. The average Bonchev–Trinajstić information content (AvgIpc) is 2.67. The number of rotatable bonds is 2. The van der Waals surface area contributed by atoms with Crippen molar-refractivity contribution in [2.45, 2.75) is 52.0 Å². The molecule has 1 fully saturated rings. The molecule has 2 rings (SSSR count). The van der Waals surface area contributed by atoms with Gasteiger partial charge in [-0.2, -0.15) is 0 Å². The normalized spacial score (nSPS) is 22.4. The van der Waals surface area contributed by atoms with Crippen LogP contribution in [0.2, 0.25) is 0 Å². The van der Waals surface area contributed by atoms with Crippen LogP contribution < -0.4 is 4.90 Å². The second-order valence-corrected chi connectivity index (χ2v) is 5.60. The summed E-state index contributed by atoms with van der Waals surface area (Å²) in [5.41, 5.74) is 0. The summed E-state index contributed by atoms with van der Waals surface area (Å²) in [5, 5.41) is 10.8. The van der Waals surface area contributed by atoms with E-state index in [1.54, 1.807) is 11.3 Å². The number of hydrogen-bond acceptors (Lipinski definition) is 4. The van der Waals surface area contributed by atoms with Gasteiger partial charge in [-0.25, -0.2) is 0 Å². The summed E-state index contributed by atoms with van der Waals surface area (Å²) in [7, 11) is 0. The number of hydrogen-bond donors (Lipinski definition) is 0. The molecule has 1 aliphatic heterocycles. The quantitative estimate of drug-likeness (QED) is 0.774. The van der Waals surface area contributed by atoms with E-state index in [-0.39, 0.29) is 0 Å². The Labute approximate surface area is 95.5 Å². The van der Waals surface area contributed by atoms with E-state index in [9.17, 15) is 0 Å². The van der Waals surface area contributed by atoms with Crippen LogP contribution in [0.1, 0.15) is 51.0 Å². The van der Waals surface area contributed by atoms with Crippen molar-refractivity contribution in [3.63, 3.8) is 0 Å². The van der Waals surface area contributed by atoms with Crippen molar-refractivity contribution in [1.82, 2.24) is 10.2 Å². The monoisotopic (exact) mass is 225 g/mol. The summed E-state index contributed by atoms with van der Waals surface area (Å²) in [6, 6.07) is 0.631. The minimum atomic E-state index is 0.497. The first-order chi connectivity index (χ1) is 7.18. The molecule has 1 unspecified atom stereocenters. The third kappa shape index (κ3) is 2.30.